The van der Waals surface area contributed by atoms with E-state index in [4.69, 9.17) is 7.98 Å². The van der Waals surface area contributed by atoms with Gasteiger partial charge in [0.25, 0.3) is 0 Å². The Balaban J connectivity index is 0.00000168. The molecule has 8 aromatic carbocycles. The van der Waals surface area contributed by atoms with Gasteiger partial charge in [-0.1, -0.05) is 259 Å². The van der Waals surface area contributed by atoms with Gasteiger partial charge < -0.3 is 4.98 Å². The van der Waals surface area contributed by atoms with E-state index < -0.39 is 10.8 Å². The SMILES string of the molecule is CC.CC.[B][N+]1=C(C)C(c2ccc3c(c2)C(c2ccccc2)(c2ccccc2)C/C=C\C/C=C\C3C)=C(C)/C1=C(\c1ccccc1)c1[nH]c(C)c(-c2ccc3c(c2)C(c2ccccc2)(c2ccccc2)c2ccccc2-3)c1C. The second-order valence-electron chi connectivity index (χ2n) is 20.5. The zero-order valence-corrected chi connectivity index (χ0v) is 47.0. The lowest BCUT2D eigenvalue weighted by Gasteiger charge is -2.38. The highest BCUT2D eigenvalue weighted by Gasteiger charge is 2.46. The molecule has 0 saturated heterocycles. The molecule has 3 heteroatoms. The molecular formula is C75H72BN2+. The van der Waals surface area contributed by atoms with Crippen molar-refractivity contribution in [2.24, 2.45) is 0 Å². The fourth-order valence-corrected chi connectivity index (χ4v) is 13.2. The van der Waals surface area contributed by atoms with Crippen LogP contribution in [0.15, 0.2) is 248 Å². The van der Waals surface area contributed by atoms with E-state index in [-0.39, 0.29) is 5.92 Å². The normalized spacial score (nSPS) is 17.3. The maximum atomic E-state index is 7.51. The minimum atomic E-state index is -0.501. The number of benzene rings is 8. The molecule has 0 spiro atoms. The van der Waals surface area contributed by atoms with Gasteiger partial charge in [0, 0.05) is 29.2 Å². The Kier molecular flexibility index (Phi) is 15.5. The maximum Gasteiger partial charge on any atom is 0.587 e. The summed E-state index contributed by atoms with van der Waals surface area (Å²) in [5.41, 5.74) is 25.3. The number of fused-ring (bicyclic) bond motifs is 4. The molecule has 0 amide bonds. The van der Waals surface area contributed by atoms with E-state index in [9.17, 15) is 0 Å². The number of aryl methyl sites for hydroxylation is 1. The largest absolute Gasteiger partial charge is 0.587 e. The number of aromatic nitrogens is 1. The molecule has 2 radical (unpaired) electrons. The van der Waals surface area contributed by atoms with Gasteiger partial charge in [-0.2, -0.15) is 0 Å². The van der Waals surface area contributed by atoms with Gasteiger partial charge in [0.2, 0.25) is 0 Å². The Bertz CT molecular complexity index is 3680. The minimum Gasteiger partial charge on any atom is -0.358 e. The summed E-state index contributed by atoms with van der Waals surface area (Å²) in [5, 5.41) is 0. The van der Waals surface area contributed by atoms with Crippen molar-refractivity contribution in [1.29, 1.82) is 0 Å². The first-order valence-electron chi connectivity index (χ1n) is 28.3. The molecule has 384 valence electrons. The van der Waals surface area contributed by atoms with Crippen molar-refractivity contribution in [2.75, 3.05) is 0 Å². The van der Waals surface area contributed by atoms with Gasteiger partial charge in [-0.3, -0.25) is 4.49 Å². The maximum absolute atomic E-state index is 7.51. The first-order valence-corrected chi connectivity index (χ1v) is 28.3. The summed E-state index contributed by atoms with van der Waals surface area (Å²) in [6, 6.07) is 78.6. The van der Waals surface area contributed by atoms with E-state index >= 15 is 0 Å². The molecule has 0 fully saturated rings. The number of nitrogens with one attached hydrogen (secondary N) is 1. The summed E-state index contributed by atoms with van der Waals surface area (Å²) < 4.78 is 1.95. The Hall–Kier alpha value is -8.27. The molecule has 12 rings (SSSR count). The summed E-state index contributed by atoms with van der Waals surface area (Å²) in [4.78, 5) is 4.00. The molecule has 1 aromatic heterocycles. The van der Waals surface area contributed by atoms with Crippen LogP contribution in [0.2, 0.25) is 0 Å². The van der Waals surface area contributed by atoms with E-state index in [0.29, 0.717) is 0 Å². The lowest BCUT2D eigenvalue weighted by atomic mass is 9.64. The van der Waals surface area contributed by atoms with Crippen LogP contribution in [-0.2, 0) is 10.8 Å². The molecule has 78 heavy (non-hydrogen) atoms. The zero-order chi connectivity index (χ0) is 54.6. The fourth-order valence-electron chi connectivity index (χ4n) is 13.2. The predicted octanol–water partition coefficient (Wildman–Crippen LogP) is 18.9. The molecule has 0 bridgehead atoms. The van der Waals surface area contributed by atoms with Crippen LogP contribution in [0, 0.1) is 13.8 Å². The molecule has 3 aliphatic rings. The number of aromatic amines is 1. The highest BCUT2D eigenvalue weighted by atomic mass is 15.0. The Morgan fingerprint density at radius 2 is 1.04 bits per heavy atom. The molecule has 1 atom stereocenters. The van der Waals surface area contributed by atoms with Crippen LogP contribution in [0.3, 0.4) is 0 Å². The Morgan fingerprint density at radius 1 is 0.526 bits per heavy atom. The number of hydrogen-bond donors (Lipinski definition) is 1. The van der Waals surface area contributed by atoms with E-state index in [1.165, 1.54) is 72.3 Å². The van der Waals surface area contributed by atoms with Crippen LogP contribution in [0.4, 0.5) is 0 Å². The lowest BCUT2D eigenvalue weighted by Crippen LogP contribution is -2.31. The fraction of sp³-hybridized carbons (Fsp3) is 0.187. The van der Waals surface area contributed by atoms with E-state index in [0.717, 1.165) is 63.5 Å². The Morgan fingerprint density at radius 3 is 1.64 bits per heavy atom. The molecule has 1 aliphatic heterocycles. The van der Waals surface area contributed by atoms with Gasteiger partial charge in [0.15, 0.2) is 11.4 Å². The number of H-pyrrole nitrogens is 1. The molecule has 9 aromatic rings. The molecule has 2 nitrogen and oxygen atoms in total. The summed E-state index contributed by atoms with van der Waals surface area (Å²) in [6.07, 6.45) is 11.2. The summed E-state index contributed by atoms with van der Waals surface area (Å²) in [6.45, 7) is 19.3. The van der Waals surface area contributed by atoms with Crippen molar-refractivity contribution in [1.82, 2.24) is 4.98 Å². The second kappa shape index (κ2) is 22.8. The molecular weight excluding hydrogens is 940 g/mol. The van der Waals surface area contributed by atoms with Gasteiger partial charge in [-0.05, 0) is 130 Å². The van der Waals surface area contributed by atoms with Gasteiger partial charge in [-0.25, -0.2) is 0 Å². The first-order chi connectivity index (χ1) is 38.2. The second-order valence-corrected chi connectivity index (χ2v) is 20.5. The van der Waals surface area contributed by atoms with Crippen LogP contribution in [-0.4, -0.2) is 23.2 Å². The van der Waals surface area contributed by atoms with Crippen molar-refractivity contribution in [2.45, 2.75) is 91.9 Å². The van der Waals surface area contributed by atoms with E-state index in [2.05, 4.69) is 276 Å². The van der Waals surface area contributed by atoms with Crippen molar-refractivity contribution in [3.05, 3.63) is 320 Å². The van der Waals surface area contributed by atoms with Crippen LogP contribution in [0.25, 0.3) is 33.4 Å². The molecule has 0 saturated carbocycles. The summed E-state index contributed by atoms with van der Waals surface area (Å²) >= 11 is 0. The van der Waals surface area contributed by atoms with Crippen molar-refractivity contribution < 1.29 is 4.49 Å². The van der Waals surface area contributed by atoms with Crippen LogP contribution in [0.5, 0.6) is 0 Å². The molecule has 2 heterocycles. The predicted molar refractivity (Wildman–Crippen MR) is 333 cm³/mol. The van der Waals surface area contributed by atoms with Crippen LogP contribution < -0.4 is 0 Å². The monoisotopic (exact) mass is 1010 g/mol. The van der Waals surface area contributed by atoms with E-state index in [1.807, 2.05) is 32.2 Å². The number of allylic oxidation sites excluding steroid dienone is 6. The Labute approximate surface area is 466 Å². The van der Waals surface area contributed by atoms with Gasteiger partial charge in [0.05, 0.1) is 22.3 Å². The summed E-state index contributed by atoms with van der Waals surface area (Å²) in [7, 11) is 7.51. The quantitative estimate of drug-likeness (QED) is 0.116. The first kappa shape index (κ1) is 53.1. The van der Waals surface area contributed by atoms with Gasteiger partial charge in [-0.15, -0.1) is 0 Å². The topological polar surface area (TPSA) is 18.8 Å². The third-order valence-corrected chi connectivity index (χ3v) is 16.5. The molecule has 1 unspecified atom stereocenters. The standard InChI is InChI=1S/C71H60BN2.2C2H6/c1-47-27-13-6-7-26-44-70(55-30-16-9-17-31-55,56-32-18-10-19-33-56)63-45-54(40-42-59(47)63)66-49(3)69(74(72)51(66)5)67(52-28-14-8-15-29-52)68-48(2)65(50(4)73-68)53-41-43-61-60-38-24-25-39-62(60)71(64(61)46-53,57-34-20-11-21-35-57)58-36-22-12-23-37-58;2*1-2/h7-43,45-47,73H,6,44H2,1-5H3;2*1-2H3/q+1;;/b26-7-,27-13-;;. The van der Waals surface area contributed by atoms with Crippen LogP contribution in [0.1, 0.15) is 140 Å². The molecule has 2 aliphatic carbocycles. The number of rotatable bonds is 8. The third kappa shape index (κ3) is 8.84. The van der Waals surface area contributed by atoms with Crippen molar-refractivity contribution >= 4 is 24.8 Å². The number of hydrogen-bond acceptors (Lipinski definition) is 0. The zero-order valence-electron chi connectivity index (χ0n) is 47.0. The third-order valence-electron chi connectivity index (χ3n) is 16.5. The molecule has 1 N–H and O–H groups in total. The van der Waals surface area contributed by atoms with Crippen molar-refractivity contribution in [3.8, 4) is 22.3 Å². The average molecular weight is 1010 g/mol. The van der Waals surface area contributed by atoms with Gasteiger partial charge >= 0.3 is 7.98 Å². The summed E-state index contributed by atoms with van der Waals surface area (Å²) in [5.74, 6) is 0.203. The number of nitrogens with zero attached hydrogens (tertiary/aromatic N) is 1. The minimum absolute atomic E-state index is 0.203. The lowest BCUT2D eigenvalue weighted by molar-refractivity contribution is -0.301. The highest BCUT2D eigenvalue weighted by molar-refractivity contribution is 6.27. The van der Waals surface area contributed by atoms with Crippen LogP contribution >= 0.6 is 0 Å². The van der Waals surface area contributed by atoms with Crippen molar-refractivity contribution in [3.63, 3.8) is 0 Å². The van der Waals surface area contributed by atoms with Gasteiger partial charge in [0.1, 0.15) is 0 Å². The smallest absolute Gasteiger partial charge is 0.358 e. The highest BCUT2D eigenvalue weighted by Crippen LogP contribution is 2.57. The van der Waals surface area contributed by atoms with E-state index in [1.54, 1.807) is 0 Å². The average Bonchev–Trinajstić information content (AvgIpc) is 4.21.